The standard InChI is InChI=1S/C14H21NO4S/c1-4-5-9-15(2)20(17,18)11-12-7-6-8-13(10-12)14(16)19-3/h6-8,10H,4-5,9,11H2,1-3H3. The van der Waals surface area contributed by atoms with Gasteiger partial charge in [-0.1, -0.05) is 25.5 Å². The molecule has 0 aliphatic heterocycles. The number of sulfonamides is 1. The average Bonchev–Trinajstić information content (AvgIpc) is 2.43. The molecule has 0 aliphatic rings. The number of carbonyl (C=O) groups excluding carboxylic acids is 1. The van der Waals surface area contributed by atoms with Crippen molar-refractivity contribution in [3.63, 3.8) is 0 Å². The van der Waals surface area contributed by atoms with Crippen LogP contribution in [0.1, 0.15) is 35.7 Å². The van der Waals surface area contributed by atoms with E-state index in [4.69, 9.17) is 0 Å². The van der Waals surface area contributed by atoms with Gasteiger partial charge in [0.05, 0.1) is 18.4 Å². The van der Waals surface area contributed by atoms with Crippen LogP contribution in [0.15, 0.2) is 24.3 Å². The molecule has 0 bridgehead atoms. The Hall–Kier alpha value is -1.40. The van der Waals surface area contributed by atoms with Crippen molar-refractivity contribution in [2.24, 2.45) is 0 Å². The van der Waals surface area contributed by atoms with E-state index in [1.165, 1.54) is 11.4 Å². The minimum absolute atomic E-state index is 0.113. The highest BCUT2D eigenvalue weighted by Gasteiger charge is 2.18. The molecule has 0 N–H and O–H groups in total. The van der Waals surface area contributed by atoms with E-state index in [1.54, 1.807) is 31.3 Å². The Balaban J connectivity index is 2.84. The van der Waals surface area contributed by atoms with Crippen molar-refractivity contribution >= 4 is 16.0 Å². The SMILES string of the molecule is CCCCN(C)S(=O)(=O)Cc1cccc(C(=O)OC)c1. The molecule has 1 rings (SSSR count). The Morgan fingerprint density at radius 3 is 2.65 bits per heavy atom. The lowest BCUT2D eigenvalue weighted by atomic mass is 10.1. The van der Waals surface area contributed by atoms with Crippen LogP contribution in [0.2, 0.25) is 0 Å². The number of unbranched alkanes of at least 4 members (excludes halogenated alkanes) is 1. The van der Waals surface area contributed by atoms with Gasteiger partial charge in [0.1, 0.15) is 0 Å². The first kappa shape index (κ1) is 16.7. The van der Waals surface area contributed by atoms with Crippen LogP contribution in [-0.2, 0) is 20.5 Å². The molecule has 0 radical (unpaired) electrons. The third kappa shape index (κ3) is 4.61. The number of methoxy groups -OCH3 is 1. The summed E-state index contributed by atoms with van der Waals surface area (Å²) in [5, 5.41) is 0. The fraction of sp³-hybridized carbons (Fsp3) is 0.500. The average molecular weight is 299 g/mol. The van der Waals surface area contributed by atoms with Crippen molar-refractivity contribution < 1.29 is 17.9 Å². The lowest BCUT2D eigenvalue weighted by Crippen LogP contribution is -2.29. The Labute approximate surface area is 120 Å². The summed E-state index contributed by atoms with van der Waals surface area (Å²) in [6.07, 6.45) is 1.77. The van der Waals surface area contributed by atoms with Gasteiger partial charge in [-0.15, -0.1) is 0 Å². The zero-order chi connectivity index (χ0) is 15.2. The second-order valence-electron chi connectivity index (χ2n) is 4.62. The molecule has 0 saturated heterocycles. The van der Waals surface area contributed by atoms with Gasteiger partial charge in [-0.05, 0) is 24.1 Å². The third-order valence-corrected chi connectivity index (χ3v) is 4.83. The van der Waals surface area contributed by atoms with Crippen LogP contribution in [-0.4, -0.2) is 39.4 Å². The van der Waals surface area contributed by atoms with Crippen LogP contribution >= 0.6 is 0 Å². The summed E-state index contributed by atoms with van der Waals surface area (Å²) in [7, 11) is -0.479. The number of benzene rings is 1. The Morgan fingerprint density at radius 1 is 1.35 bits per heavy atom. The first-order chi connectivity index (χ1) is 9.40. The van der Waals surface area contributed by atoms with Crippen molar-refractivity contribution in [3.8, 4) is 0 Å². The topological polar surface area (TPSA) is 63.7 Å². The molecule has 0 aromatic heterocycles. The van der Waals surface area contributed by atoms with E-state index in [0.29, 0.717) is 17.7 Å². The number of nitrogens with zero attached hydrogens (tertiary/aromatic N) is 1. The van der Waals surface area contributed by atoms with Gasteiger partial charge in [0.15, 0.2) is 0 Å². The van der Waals surface area contributed by atoms with Gasteiger partial charge in [-0.25, -0.2) is 17.5 Å². The summed E-state index contributed by atoms with van der Waals surface area (Å²) in [5.41, 5.74) is 0.938. The van der Waals surface area contributed by atoms with Crippen LogP contribution in [0.4, 0.5) is 0 Å². The van der Waals surface area contributed by atoms with Crippen LogP contribution in [0.25, 0.3) is 0 Å². The van der Waals surface area contributed by atoms with Crippen molar-refractivity contribution in [2.75, 3.05) is 20.7 Å². The molecule has 112 valence electrons. The van der Waals surface area contributed by atoms with Gasteiger partial charge in [0.2, 0.25) is 10.0 Å². The Bertz CT molecular complexity index is 554. The molecule has 0 fully saturated rings. The maximum absolute atomic E-state index is 12.2. The summed E-state index contributed by atoms with van der Waals surface area (Å²) in [5.74, 6) is -0.582. The Kier molecular flexibility index (Phi) is 6.16. The predicted molar refractivity (Wildman–Crippen MR) is 77.9 cm³/mol. The van der Waals surface area contributed by atoms with Crippen molar-refractivity contribution in [3.05, 3.63) is 35.4 Å². The van der Waals surface area contributed by atoms with E-state index >= 15 is 0 Å². The highest BCUT2D eigenvalue weighted by Crippen LogP contribution is 2.13. The summed E-state index contributed by atoms with van der Waals surface area (Å²) >= 11 is 0. The zero-order valence-corrected chi connectivity index (χ0v) is 12.9. The van der Waals surface area contributed by atoms with Crippen LogP contribution in [0.3, 0.4) is 0 Å². The Morgan fingerprint density at radius 2 is 2.05 bits per heavy atom. The van der Waals surface area contributed by atoms with Gasteiger partial charge < -0.3 is 4.74 Å². The number of hydrogen-bond acceptors (Lipinski definition) is 4. The van der Waals surface area contributed by atoms with Gasteiger partial charge in [-0.2, -0.15) is 0 Å². The molecule has 0 heterocycles. The molecular formula is C14H21NO4S. The summed E-state index contributed by atoms with van der Waals surface area (Å²) in [4.78, 5) is 11.4. The molecule has 20 heavy (non-hydrogen) atoms. The van der Waals surface area contributed by atoms with Crippen molar-refractivity contribution in [1.82, 2.24) is 4.31 Å². The van der Waals surface area contributed by atoms with E-state index in [0.717, 1.165) is 12.8 Å². The number of ether oxygens (including phenoxy) is 1. The number of esters is 1. The number of rotatable bonds is 7. The largest absolute Gasteiger partial charge is 0.465 e. The van der Waals surface area contributed by atoms with Gasteiger partial charge in [0.25, 0.3) is 0 Å². The zero-order valence-electron chi connectivity index (χ0n) is 12.1. The molecule has 0 atom stereocenters. The van der Waals surface area contributed by atoms with Gasteiger partial charge >= 0.3 is 5.97 Å². The highest BCUT2D eigenvalue weighted by atomic mass is 32.2. The maximum atomic E-state index is 12.2. The second kappa shape index (κ2) is 7.40. The van der Waals surface area contributed by atoms with Crippen LogP contribution in [0.5, 0.6) is 0 Å². The van der Waals surface area contributed by atoms with E-state index in [-0.39, 0.29) is 5.75 Å². The molecular weight excluding hydrogens is 278 g/mol. The first-order valence-electron chi connectivity index (χ1n) is 6.52. The summed E-state index contributed by atoms with van der Waals surface area (Å²) in [6, 6.07) is 6.50. The number of hydrogen-bond donors (Lipinski definition) is 0. The number of carbonyl (C=O) groups is 1. The third-order valence-electron chi connectivity index (χ3n) is 3.00. The fourth-order valence-corrected chi connectivity index (χ4v) is 2.98. The van der Waals surface area contributed by atoms with E-state index < -0.39 is 16.0 Å². The summed E-state index contributed by atoms with van der Waals surface area (Å²) in [6.45, 7) is 2.52. The smallest absolute Gasteiger partial charge is 0.337 e. The molecule has 0 unspecified atom stereocenters. The maximum Gasteiger partial charge on any atom is 0.337 e. The second-order valence-corrected chi connectivity index (χ2v) is 6.70. The molecule has 1 aromatic carbocycles. The minimum atomic E-state index is -3.35. The molecule has 6 heteroatoms. The molecule has 0 amide bonds. The van der Waals surface area contributed by atoms with E-state index in [9.17, 15) is 13.2 Å². The predicted octanol–water partition coefficient (Wildman–Crippen LogP) is 2.03. The van der Waals surface area contributed by atoms with Crippen LogP contribution in [0, 0.1) is 0 Å². The molecule has 1 aromatic rings. The first-order valence-corrected chi connectivity index (χ1v) is 8.13. The van der Waals surface area contributed by atoms with E-state index in [2.05, 4.69) is 4.74 Å². The summed E-state index contributed by atoms with van der Waals surface area (Å²) < 4.78 is 30.3. The molecule has 5 nitrogen and oxygen atoms in total. The van der Waals surface area contributed by atoms with E-state index in [1.807, 2.05) is 6.92 Å². The molecule has 0 saturated carbocycles. The highest BCUT2D eigenvalue weighted by molar-refractivity contribution is 7.88. The van der Waals surface area contributed by atoms with Crippen molar-refractivity contribution in [2.45, 2.75) is 25.5 Å². The van der Waals surface area contributed by atoms with Gasteiger partial charge in [-0.3, -0.25) is 0 Å². The quantitative estimate of drug-likeness (QED) is 0.723. The monoisotopic (exact) mass is 299 g/mol. The lowest BCUT2D eigenvalue weighted by Gasteiger charge is -2.16. The lowest BCUT2D eigenvalue weighted by molar-refractivity contribution is 0.0600. The molecule has 0 spiro atoms. The van der Waals surface area contributed by atoms with Crippen LogP contribution < -0.4 is 0 Å². The molecule has 0 aliphatic carbocycles. The minimum Gasteiger partial charge on any atom is -0.465 e. The normalized spacial score (nSPS) is 11.6. The van der Waals surface area contributed by atoms with Gasteiger partial charge in [0, 0.05) is 13.6 Å². The van der Waals surface area contributed by atoms with Crippen molar-refractivity contribution in [1.29, 1.82) is 0 Å². The fourth-order valence-electron chi connectivity index (χ4n) is 1.75.